The minimum Gasteiger partial charge on any atom is -0.475 e. The molecule has 1 fully saturated rings. The molecule has 0 aliphatic carbocycles. The van der Waals surface area contributed by atoms with E-state index in [0.29, 0.717) is 30.4 Å². The summed E-state index contributed by atoms with van der Waals surface area (Å²) < 4.78 is 46.6. The molecule has 4 rings (SSSR count). The number of halogens is 4. The number of carbonyl (C=O) groups is 2. The van der Waals surface area contributed by atoms with Crippen LogP contribution in [0.4, 0.5) is 17.6 Å². The number of nitrogens with one attached hydrogen (secondary N) is 2. The van der Waals surface area contributed by atoms with Gasteiger partial charge in [-0.15, -0.1) is 0 Å². The van der Waals surface area contributed by atoms with Crippen LogP contribution in [0.1, 0.15) is 18.0 Å². The summed E-state index contributed by atoms with van der Waals surface area (Å²) in [6.07, 6.45) is -5.03. The monoisotopic (exact) mass is 510 g/mol. The van der Waals surface area contributed by atoms with Gasteiger partial charge < -0.3 is 15.3 Å². The molecular formula is C23H22F4N4O5. The number of amides is 1. The fourth-order valence-corrected chi connectivity index (χ4v) is 3.77. The van der Waals surface area contributed by atoms with E-state index in [1.54, 1.807) is 41.3 Å². The molecule has 0 saturated carbocycles. The molecule has 1 amide bonds. The minimum atomic E-state index is -5.08. The van der Waals surface area contributed by atoms with Crippen molar-refractivity contribution < 1.29 is 32.3 Å². The van der Waals surface area contributed by atoms with Crippen LogP contribution in [0.25, 0.3) is 10.8 Å². The summed E-state index contributed by atoms with van der Waals surface area (Å²) in [5.74, 6) is -3.25. The first kappa shape index (κ1) is 26.6. The number of aromatic nitrogens is 2. The zero-order valence-corrected chi connectivity index (χ0v) is 18.7. The van der Waals surface area contributed by atoms with Gasteiger partial charge in [-0.05, 0) is 29.8 Å². The van der Waals surface area contributed by atoms with E-state index in [0.717, 1.165) is 5.56 Å². The number of H-pyrrole nitrogens is 1. The Morgan fingerprint density at radius 3 is 2.36 bits per heavy atom. The number of benzene rings is 2. The van der Waals surface area contributed by atoms with E-state index in [9.17, 15) is 31.9 Å². The number of carbonyl (C=O) groups excluding carboxylic acids is 1. The molecule has 0 spiro atoms. The van der Waals surface area contributed by atoms with Crippen LogP contribution in [0.5, 0.6) is 0 Å². The average Bonchev–Trinajstić information content (AvgIpc) is 2.85. The number of aryl methyl sites for hydroxylation is 1. The normalized spacial score (nSPS) is 15.8. The maximum atomic E-state index is 13.6. The van der Waals surface area contributed by atoms with Gasteiger partial charge in [0.1, 0.15) is 5.82 Å². The van der Waals surface area contributed by atoms with Gasteiger partial charge in [0, 0.05) is 26.1 Å². The standard InChI is InChI=1S/C21H21FN4O3.C2HF3O2/c22-15-5-3-4-14(12-15)18-13-23-9-11-25(18)19(27)8-10-26-21(29)17-7-2-1-6-16(17)20(28)24-26;3-2(4,5)1(6)7/h1-7,12,18,23H,8-11,13H2,(H,24,28);(H,6,7). The highest BCUT2D eigenvalue weighted by atomic mass is 19.4. The highest BCUT2D eigenvalue weighted by molar-refractivity contribution is 5.80. The topological polar surface area (TPSA) is 125 Å². The second-order valence-electron chi connectivity index (χ2n) is 7.86. The Bertz CT molecular complexity index is 1370. The maximum absolute atomic E-state index is 13.6. The molecule has 13 heteroatoms. The van der Waals surface area contributed by atoms with Crippen molar-refractivity contribution in [2.45, 2.75) is 25.2 Å². The first-order valence-corrected chi connectivity index (χ1v) is 10.8. The van der Waals surface area contributed by atoms with Crippen molar-refractivity contribution in [3.05, 3.63) is 80.6 Å². The number of fused-ring (bicyclic) bond motifs is 1. The fraction of sp³-hybridized carbons (Fsp3) is 0.304. The van der Waals surface area contributed by atoms with Crippen LogP contribution in [0.15, 0.2) is 58.1 Å². The first-order valence-electron chi connectivity index (χ1n) is 10.8. The number of carboxylic acid groups (broad SMARTS) is 1. The Hall–Kier alpha value is -4.00. The van der Waals surface area contributed by atoms with Gasteiger partial charge in [-0.1, -0.05) is 24.3 Å². The molecule has 1 atom stereocenters. The molecule has 0 bridgehead atoms. The highest BCUT2D eigenvalue weighted by Gasteiger charge is 2.38. The summed E-state index contributed by atoms with van der Waals surface area (Å²) in [5, 5.41) is 13.5. The quantitative estimate of drug-likeness (QED) is 0.462. The molecule has 1 unspecified atom stereocenters. The summed E-state index contributed by atoms with van der Waals surface area (Å²) >= 11 is 0. The van der Waals surface area contributed by atoms with Crippen LogP contribution in [-0.2, 0) is 16.1 Å². The predicted octanol–water partition coefficient (Wildman–Crippen LogP) is 2.03. The molecule has 2 aromatic carbocycles. The lowest BCUT2D eigenvalue weighted by atomic mass is 10.0. The summed E-state index contributed by atoms with van der Waals surface area (Å²) in [6, 6.07) is 12.5. The summed E-state index contributed by atoms with van der Waals surface area (Å²) in [4.78, 5) is 48.3. The third kappa shape index (κ3) is 6.36. The zero-order valence-electron chi connectivity index (χ0n) is 18.7. The van der Waals surface area contributed by atoms with Gasteiger partial charge in [0.15, 0.2) is 0 Å². The highest BCUT2D eigenvalue weighted by Crippen LogP contribution is 2.23. The maximum Gasteiger partial charge on any atom is 0.490 e. The second kappa shape index (κ2) is 11.2. The SMILES string of the molecule is O=C(CCn1[nH]c(=O)c2ccccc2c1=O)N1CCNCC1c1cccc(F)c1.O=C(O)C(F)(F)F. The van der Waals surface area contributed by atoms with Gasteiger partial charge in [-0.2, -0.15) is 13.2 Å². The van der Waals surface area contributed by atoms with Gasteiger partial charge in [-0.3, -0.25) is 19.5 Å². The lowest BCUT2D eigenvalue weighted by molar-refractivity contribution is -0.192. The number of alkyl halides is 3. The Morgan fingerprint density at radius 1 is 1.06 bits per heavy atom. The molecule has 0 radical (unpaired) electrons. The van der Waals surface area contributed by atoms with E-state index in [4.69, 9.17) is 9.90 Å². The molecule has 192 valence electrons. The summed E-state index contributed by atoms with van der Waals surface area (Å²) in [7, 11) is 0. The van der Waals surface area contributed by atoms with Gasteiger partial charge >= 0.3 is 12.1 Å². The number of nitrogens with zero attached hydrogens (tertiary/aromatic N) is 2. The molecule has 1 aliphatic heterocycles. The molecule has 2 heterocycles. The number of carboxylic acids is 1. The molecule has 1 aliphatic rings. The average molecular weight is 510 g/mol. The van der Waals surface area contributed by atoms with Gasteiger partial charge in [0.05, 0.1) is 23.4 Å². The van der Waals surface area contributed by atoms with Crippen molar-refractivity contribution in [3.63, 3.8) is 0 Å². The molecule has 1 saturated heterocycles. The van der Waals surface area contributed by atoms with Crippen LogP contribution in [0.2, 0.25) is 0 Å². The smallest absolute Gasteiger partial charge is 0.475 e. The molecule has 9 nitrogen and oxygen atoms in total. The Kier molecular flexibility index (Phi) is 8.25. The molecule has 36 heavy (non-hydrogen) atoms. The predicted molar refractivity (Wildman–Crippen MR) is 121 cm³/mol. The van der Waals surface area contributed by atoms with E-state index in [1.165, 1.54) is 16.8 Å². The Morgan fingerprint density at radius 2 is 1.72 bits per heavy atom. The third-order valence-corrected chi connectivity index (χ3v) is 5.47. The van der Waals surface area contributed by atoms with Crippen molar-refractivity contribution in [1.82, 2.24) is 20.0 Å². The second-order valence-corrected chi connectivity index (χ2v) is 7.86. The van der Waals surface area contributed by atoms with Crippen molar-refractivity contribution in [1.29, 1.82) is 0 Å². The van der Waals surface area contributed by atoms with E-state index in [2.05, 4.69) is 10.4 Å². The van der Waals surface area contributed by atoms with Crippen molar-refractivity contribution >= 4 is 22.6 Å². The van der Waals surface area contributed by atoms with Crippen LogP contribution in [-0.4, -0.2) is 57.5 Å². The van der Waals surface area contributed by atoms with E-state index >= 15 is 0 Å². The van der Waals surface area contributed by atoms with E-state index < -0.39 is 12.1 Å². The zero-order chi connectivity index (χ0) is 26.5. The van der Waals surface area contributed by atoms with E-state index in [-0.39, 0.29) is 41.9 Å². The fourth-order valence-electron chi connectivity index (χ4n) is 3.77. The Balaban J connectivity index is 0.000000454. The van der Waals surface area contributed by atoms with Gasteiger partial charge in [0.25, 0.3) is 11.1 Å². The number of aromatic amines is 1. The number of rotatable bonds is 4. The van der Waals surface area contributed by atoms with Crippen molar-refractivity contribution in [2.24, 2.45) is 0 Å². The number of hydrogen-bond donors (Lipinski definition) is 3. The molecule has 1 aromatic heterocycles. The van der Waals surface area contributed by atoms with Crippen molar-refractivity contribution in [3.8, 4) is 0 Å². The van der Waals surface area contributed by atoms with Crippen LogP contribution < -0.4 is 16.4 Å². The molecular weight excluding hydrogens is 488 g/mol. The summed E-state index contributed by atoms with van der Waals surface area (Å²) in [5.41, 5.74) is 0.0179. The van der Waals surface area contributed by atoms with Crippen molar-refractivity contribution in [2.75, 3.05) is 19.6 Å². The molecule has 3 N–H and O–H groups in total. The van der Waals surface area contributed by atoms with Crippen LogP contribution >= 0.6 is 0 Å². The van der Waals surface area contributed by atoms with E-state index in [1.807, 2.05) is 0 Å². The Labute approximate surface area is 200 Å². The third-order valence-electron chi connectivity index (χ3n) is 5.47. The van der Waals surface area contributed by atoms with Crippen LogP contribution in [0.3, 0.4) is 0 Å². The van der Waals surface area contributed by atoms with Crippen LogP contribution in [0, 0.1) is 5.82 Å². The number of piperazine rings is 1. The largest absolute Gasteiger partial charge is 0.490 e. The minimum absolute atomic E-state index is 0.0556. The van der Waals surface area contributed by atoms with Gasteiger partial charge in [-0.25, -0.2) is 13.9 Å². The molecule has 3 aromatic rings. The first-order chi connectivity index (χ1) is 17.0. The van der Waals surface area contributed by atoms with Gasteiger partial charge in [0.2, 0.25) is 5.91 Å². The summed E-state index contributed by atoms with van der Waals surface area (Å²) in [6.45, 7) is 1.73. The lowest BCUT2D eigenvalue weighted by Gasteiger charge is -2.36. The number of aliphatic carboxylic acids is 1. The number of hydrogen-bond acceptors (Lipinski definition) is 5. The lowest BCUT2D eigenvalue weighted by Crippen LogP contribution is -2.49.